The van der Waals surface area contributed by atoms with Crippen molar-refractivity contribution in [2.24, 2.45) is 12.0 Å². The Hall–Kier alpha value is -1.51. The van der Waals surface area contributed by atoms with Crippen LogP contribution in [0.2, 0.25) is 0 Å². The van der Waals surface area contributed by atoms with Gasteiger partial charge in [-0.15, -0.1) is 0 Å². The van der Waals surface area contributed by atoms with Gasteiger partial charge in [0.15, 0.2) is 0 Å². The average molecular weight is 205 g/mol. The number of aryl methyl sites for hydroxylation is 1. The number of rotatable bonds is 3. The van der Waals surface area contributed by atoms with E-state index in [0.717, 1.165) is 29.7 Å². The first-order chi connectivity index (χ1) is 7.13. The largest absolute Gasteiger partial charge is 0.398 e. The highest BCUT2D eigenvalue weighted by Crippen LogP contribution is 1.99. The molecule has 15 heavy (non-hydrogen) atoms. The topological polar surface area (TPSA) is 43.3 Å². The van der Waals surface area contributed by atoms with Crippen molar-refractivity contribution in [3.63, 3.8) is 0 Å². The van der Waals surface area contributed by atoms with Gasteiger partial charge in [0.05, 0.1) is 0 Å². The molecule has 0 aliphatic carbocycles. The third-order valence-electron chi connectivity index (χ3n) is 2.15. The molecule has 0 bridgehead atoms. The zero-order valence-electron chi connectivity index (χ0n) is 9.70. The molecule has 0 aliphatic heterocycles. The summed E-state index contributed by atoms with van der Waals surface area (Å²) in [5.41, 5.74) is 8.40. The standard InChI is InChI=1S/C12H19N3/c1-4-5-6-10(2)14-12-8-7-11(13)9-15(12)3/h6-9H,4-5,13H2,1-3H3/b10-6+,14-12?. The summed E-state index contributed by atoms with van der Waals surface area (Å²) in [5.74, 6) is 0. The van der Waals surface area contributed by atoms with Crippen LogP contribution >= 0.6 is 0 Å². The van der Waals surface area contributed by atoms with E-state index in [1.54, 1.807) is 0 Å². The molecule has 2 N–H and O–H groups in total. The van der Waals surface area contributed by atoms with Crippen LogP contribution in [0.15, 0.2) is 35.1 Å². The first-order valence-corrected chi connectivity index (χ1v) is 5.27. The Bertz CT molecular complexity index is 413. The van der Waals surface area contributed by atoms with E-state index in [2.05, 4.69) is 18.0 Å². The number of nitrogens with zero attached hydrogens (tertiary/aromatic N) is 2. The number of nitrogens with two attached hydrogens (primary N) is 1. The maximum atomic E-state index is 5.66. The van der Waals surface area contributed by atoms with Gasteiger partial charge in [-0.3, -0.25) is 0 Å². The van der Waals surface area contributed by atoms with E-state index in [1.807, 2.05) is 36.9 Å². The molecule has 0 fully saturated rings. The molecule has 0 aromatic carbocycles. The average Bonchev–Trinajstić information content (AvgIpc) is 2.19. The highest BCUT2D eigenvalue weighted by molar-refractivity contribution is 5.33. The van der Waals surface area contributed by atoms with Crippen molar-refractivity contribution in [1.82, 2.24) is 4.57 Å². The van der Waals surface area contributed by atoms with E-state index in [0.29, 0.717) is 0 Å². The number of nitrogen functional groups attached to an aromatic ring is 1. The lowest BCUT2D eigenvalue weighted by molar-refractivity contribution is 0.826. The summed E-state index contributed by atoms with van der Waals surface area (Å²) in [4.78, 5) is 4.51. The first kappa shape index (κ1) is 11.6. The zero-order valence-corrected chi connectivity index (χ0v) is 9.70. The number of hydrogen-bond acceptors (Lipinski definition) is 2. The Labute approximate surface area is 91.0 Å². The highest BCUT2D eigenvalue weighted by Gasteiger charge is 1.89. The van der Waals surface area contributed by atoms with Gasteiger partial charge in [0.1, 0.15) is 5.49 Å². The second-order valence-corrected chi connectivity index (χ2v) is 3.68. The molecule has 0 amide bonds. The van der Waals surface area contributed by atoms with E-state index >= 15 is 0 Å². The Morgan fingerprint density at radius 2 is 2.27 bits per heavy atom. The van der Waals surface area contributed by atoms with E-state index in [9.17, 15) is 0 Å². The molecule has 0 saturated carbocycles. The number of allylic oxidation sites excluding steroid dienone is 2. The number of hydrogen-bond donors (Lipinski definition) is 1. The summed E-state index contributed by atoms with van der Waals surface area (Å²) in [7, 11) is 1.95. The molecule has 3 heteroatoms. The van der Waals surface area contributed by atoms with Gasteiger partial charge in [-0.25, -0.2) is 4.99 Å². The van der Waals surface area contributed by atoms with Crippen LogP contribution in [0.4, 0.5) is 5.69 Å². The second-order valence-electron chi connectivity index (χ2n) is 3.68. The van der Waals surface area contributed by atoms with Crippen LogP contribution < -0.4 is 11.2 Å². The van der Waals surface area contributed by atoms with Gasteiger partial charge in [0, 0.05) is 24.6 Å². The minimum Gasteiger partial charge on any atom is -0.398 e. The van der Waals surface area contributed by atoms with Crippen molar-refractivity contribution in [3.05, 3.63) is 35.6 Å². The van der Waals surface area contributed by atoms with E-state index in [1.165, 1.54) is 0 Å². The number of anilines is 1. The number of pyridine rings is 1. The highest BCUT2D eigenvalue weighted by atomic mass is 15.0. The fourth-order valence-corrected chi connectivity index (χ4v) is 1.32. The number of unbranched alkanes of at least 4 members (excludes halogenated alkanes) is 1. The maximum Gasteiger partial charge on any atom is 0.132 e. The van der Waals surface area contributed by atoms with Crippen LogP contribution in [0.25, 0.3) is 0 Å². The molecule has 82 valence electrons. The van der Waals surface area contributed by atoms with Crippen LogP contribution in [-0.2, 0) is 7.05 Å². The van der Waals surface area contributed by atoms with Gasteiger partial charge in [-0.1, -0.05) is 19.4 Å². The third-order valence-corrected chi connectivity index (χ3v) is 2.15. The van der Waals surface area contributed by atoms with Crippen LogP contribution in [0.5, 0.6) is 0 Å². The number of aromatic nitrogens is 1. The van der Waals surface area contributed by atoms with Gasteiger partial charge in [-0.2, -0.15) is 0 Å². The molecule has 0 unspecified atom stereocenters. The van der Waals surface area contributed by atoms with Gasteiger partial charge in [-0.05, 0) is 25.5 Å². The fraction of sp³-hybridized carbons (Fsp3) is 0.417. The molecule has 0 spiro atoms. The summed E-state index contributed by atoms with van der Waals surface area (Å²) >= 11 is 0. The predicted molar refractivity (Wildman–Crippen MR) is 64.1 cm³/mol. The van der Waals surface area contributed by atoms with Crippen molar-refractivity contribution >= 4 is 5.69 Å². The summed E-state index contributed by atoms with van der Waals surface area (Å²) < 4.78 is 1.93. The Morgan fingerprint density at radius 1 is 1.53 bits per heavy atom. The molecule has 1 rings (SSSR count). The summed E-state index contributed by atoms with van der Waals surface area (Å²) in [6.07, 6.45) is 6.25. The molecule has 0 saturated heterocycles. The summed E-state index contributed by atoms with van der Waals surface area (Å²) in [6, 6.07) is 3.80. The third kappa shape index (κ3) is 3.62. The van der Waals surface area contributed by atoms with Crippen molar-refractivity contribution in [3.8, 4) is 0 Å². The van der Waals surface area contributed by atoms with Crippen molar-refractivity contribution in [2.45, 2.75) is 26.7 Å². The quantitative estimate of drug-likeness (QED) is 0.807. The van der Waals surface area contributed by atoms with E-state index in [4.69, 9.17) is 5.73 Å². The molecule has 0 aliphatic rings. The second kappa shape index (κ2) is 5.39. The minimum atomic E-state index is 0.756. The van der Waals surface area contributed by atoms with Crippen LogP contribution in [-0.4, -0.2) is 4.57 Å². The lowest BCUT2D eigenvalue weighted by atomic mass is 10.3. The van der Waals surface area contributed by atoms with Crippen molar-refractivity contribution < 1.29 is 0 Å². The SMILES string of the molecule is CCC/C=C(\C)N=c1ccc(N)cn1C. The van der Waals surface area contributed by atoms with E-state index < -0.39 is 0 Å². The monoisotopic (exact) mass is 205 g/mol. The molecule has 3 nitrogen and oxygen atoms in total. The summed E-state index contributed by atoms with van der Waals surface area (Å²) in [5, 5.41) is 0. The Kier molecular flexibility index (Phi) is 4.16. The van der Waals surface area contributed by atoms with Gasteiger partial charge in [0.25, 0.3) is 0 Å². The van der Waals surface area contributed by atoms with Gasteiger partial charge < -0.3 is 10.3 Å². The Balaban J connectivity index is 3.00. The Morgan fingerprint density at radius 3 is 2.87 bits per heavy atom. The lowest BCUT2D eigenvalue weighted by Crippen LogP contribution is -2.17. The first-order valence-electron chi connectivity index (χ1n) is 5.27. The van der Waals surface area contributed by atoms with Gasteiger partial charge >= 0.3 is 0 Å². The van der Waals surface area contributed by atoms with Crippen molar-refractivity contribution in [2.75, 3.05) is 5.73 Å². The lowest BCUT2D eigenvalue weighted by Gasteiger charge is -2.01. The molecular formula is C12H19N3. The normalized spacial score (nSPS) is 13.3. The maximum absolute atomic E-state index is 5.66. The molecule has 1 heterocycles. The van der Waals surface area contributed by atoms with Crippen LogP contribution in [0.3, 0.4) is 0 Å². The minimum absolute atomic E-state index is 0.756. The molecule has 1 aromatic rings. The molecule has 0 atom stereocenters. The predicted octanol–water partition coefficient (Wildman–Crippen LogP) is 2.21. The van der Waals surface area contributed by atoms with Crippen LogP contribution in [0.1, 0.15) is 26.7 Å². The van der Waals surface area contributed by atoms with Crippen molar-refractivity contribution in [1.29, 1.82) is 0 Å². The smallest absolute Gasteiger partial charge is 0.132 e. The summed E-state index contributed by atoms with van der Waals surface area (Å²) in [6.45, 7) is 4.18. The molecule has 1 aromatic heterocycles. The molecule has 0 radical (unpaired) electrons. The fourth-order valence-electron chi connectivity index (χ4n) is 1.32. The van der Waals surface area contributed by atoms with Gasteiger partial charge in [0.2, 0.25) is 0 Å². The van der Waals surface area contributed by atoms with E-state index in [-0.39, 0.29) is 0 Å². The molecular weight excluding hydrogens is 186 g/mol. The zero-order chi connectivity index (χ0) is 11.3. The van der Waals surface area contributed by atoms with Crippen LogP contribution in [0, 0.1) is 0 Å².